The summed E-state index contributed by atoms with van der Waals surface area (Å²) in [6.45, 7) is 0.807. The van der Waals surface area contributed by atoms with Gasteiger partial charge >= 0.3 is 0 Å². The van der Waals surface area contributed by atoms with Gasteiger partial charge in [-0.15, -0.1) is 12.3 Å². The van der Waals surface area contributed by atoms with E-state index < -0.39 is 6.10 Å². The molecule has 0 aliphatic rings. The molecule has 0 saturated heterocycles. The van der Waals surface area contributed by atoms with Gasteiger partial charge in [-0.05, 0) is 5.56 Å². The van der Waals surface area contributed by atoms with Crippen LogP contribution in [0.15, 0.2) is 30.3 Å². The maximum Gasteiger partial charge on any atom is 0.0882 e. The molecular formula is C12H14O2. The Morgan fingerprint density at radius 1 is 1.36 bits per heavy atom. The van der Waals surface area contributed by atoms with E-state index in [4.69, 9.17) is 11.2 Å². The smallest absolute Gasteiger partial charge is 0.0882 e. The van der Waals surface area contributed by atoms with Crippen molar-refractivity contribution in [1.29, 1.82) is 0 Å². The van der Waals surface area contributed by atoms with Gasteiger partial charge in [0.1, 0.15) is 0 Å². The first kappa shape index (κ1) is 10.8. The highest BCUT2D eigenvalue weighted by molar-refractivity contribution is 5.13. The maximum absolute atomic E-state index is 9.26. The third-order valence-electron chi connectivity index (χ3n) is 1.78. The molecule has 2 heteroatoms. The van der Waals surface area contributed by atoms with Crippen molar-refractivity contribution >= 4 is 0 Å². The number of benzene rings is 1. The van der Waals surface area contributed by atoms with Crippen LogP contribution < -0.4 is 0 Å². The number of hydrogen-bond donors (Lipinski definition) is 1. The molecule has 0 fully saturated rings. The quantitative estimate of drug-likeness (QED) is 0.714. The average molecular weight is 190 g/mol. The topological polar surface area (TPSA) is 29.5 Å². The van der Waals surface area contributed by atoms with Gasteiger partial charge in [0.15, 0.2) is 0 Å². The summed E-state index contributed by atoms with van der Waals surface area (Å²) in [6, 6.07) is 9.82. The molecule has 0 amide bonds. The zero-order valence-corrected chi connectivity index (χ0v) is 8.02. The molecule has 0 heterocycles. The summed E-state index contributed by atoms with van der Waals surface area (Å²) in [5.41, 5.74) is 1.10. The zero-order valence-electron chi connectivity index (χ0n) is 8.02. The molecule has 1 aromatic carbocycles. The van der Waals surface area contributed by atoms with Crippen LogP contribution >= 0.6 is 0 Å². The summed E-state index contributed by atoms with van der Waals surface area (Å²) >= 11 is 0. The second-order valence-electron chi connectivity index (χ2n) is 3.06. The van der Waals surface area contributed by atoms with E-state index in [1.54, 1.807) is 0 Å². The second-order valence-corrected chi connectivity index (χ2v) is 3.06. The molecule has 0 saturated carbocycles. The molecule has 1 N–H and O–H groups in total. The summed E-state index contributed by atoms with van der Waals surface area (Å²) in [6.07, 6.45) is 4.84. The third-order valence-corrected chi connectivity index (χ3v) is 1.78. The SMILES string of the molecule is C#CC[C@@H](O)COCc1ccccc1. The normalized spacial score (nSPS) is 12.0. The van der Waals surface area contributed by atoms with Crippen LogP contribution in [0.2, 0.25) is 0 Å². The molecule has 1 aromatic rings. The second kappa shape index (κ2) is 6.20. The van der Waals surface area contributed by atoms with E-state index in [2.05, 4.69) is 5.92 Å². The van der Waals surface area contributed by atoms with E-state index in [0.717, 1.165) is 5.56 Å². The Balaban J connectivity index is 2.19. The van der Waals surface area contributed by atoms with Gasteiger partial charge in [-0.2, -0.15) is 0 Å². The average Bonchev–Trinajstić information content (AvgIpc) is 2.20. The molecular weight excluding hydrogens is 176 g/mol. The Bertz CT molecular complexity index is 287. The number of aliphatic hydroxyl groups is 1. The standard InChI is InChI=1S/C12H14O2/c1-2-6-12(13)10-14-9-11-7-4-3-5-8-11/h1,3-5,7-8,12-13H,6,9-10H2/t12-/m1/s1. The Morgan fingerprint density at radius 3 is 2.71 bits per heavy atom. The molecule has 14 heavy (non-hydrogen) atoms. The van der Waals surface area contributed by atoms with Gasteiger partial charge in [0, 0.05) is 6.42 Å². The van der Waals surface area contributed by atoms with Crippen LogP contribution in [-0.4, -0.2) is 17.8 Å². The molecule has 0 unspecified atom stereocenters. The van der Waals surface area contributed by atoms with Gasteiger partial charge < -0.3 is 9.84 Å². The largest absolute Gasteiger partial charge is 0.390 e. The Kier molecular flexibility index (Phi) is 4.77. The lowest BCUT2D eigenvalue weighted by Gasteiger charge is -2.07. The van der Waals surface area contributed by atoms with Crippen LogP contribution in [0, 0.1) is 12.3 Å². The Morgan fingerprint density at radius 2 is 2.07 bits per heavy atom. The highest BCUT2D eigenvalue weighted by Gasteiger charge is 2.01. The first-order valence-corrected chi connectivity index (χ1v) is 4.56. The highest BCUT2D eigenvalue weighted by atomic mass is 16.5. The summed E-state index contributed by atoms with van der Waals surface area (Å²) in [5.74, 6) is 2.39. The monoisotopic (exact) mass is 190 g/mol. The van der Waals surface area contributed by atoms with Crippen LogP contribution in [0.1, 0.15) is 12.0 Å². The molecule has 1 rings (SSSR count). The predicted octanol–water partition coefficient (Wildman–Crippen LogP) is 1.59. The maximum atomic E-state index is 9.26. The fourth-order valence-electron chi connectivity index (χ4n) is 1.08. The fraction of sp³-hybridized carbons (Fsp3) is 0.333. The van der Waals surface area contributed by atoms with Crippen molar-refractivity contribution in [1.82, 2.24) is 0 Å². The number of aliphatic hydroxyl groups excluding tert-OH is 1. The van der Waals surface area contributed by atoms with E-state index in [1.807, 2.05) is 30.3 Å². The van der Waals surface area contributed by atoms with Gasteiger partial charge in [-0.1, -0.05) is 30.3 Å². The minimum atomic E-state index is -0.552. The molecule has 2 nitrogen and oxygen atoms in total. The van der Waals surface area contributed by atoms with E-state index in [1.165, 1.54) is 0 Å². The van der Waals surface area contributed by atoms with Crippen LogP contribution in [0.4, 0.5) is 0 Å². The lowest BCUT2D eigenvalue weighted by Crippen LogP contribution is -2.14. The summed E-state index contributed by atoms with van der Waals surface area (Å²) in [7, 11) is 0. The van der Waals surface area contributed by atoms with E-state index >= 15 is 0 Å². The van der Waals surface area contributed by atoms with Crippen molar-refractivity contribution in [3.05, 3.63) is 35.9 Å². The van der Waals surface area contributed by atoms with Gasteiger partial charge in [0.25, 0.3) is 0 Å². The number of hydrogen-bond acceptors (Lipinski definition) is 2. The minimum Gasteiger partial charge on any atom is -0.390 e. The number of ether oxygens (including phenoxy) is 1. The van der Waals surface area contributed by atoms with E-state index in [0.29, 0.717) is 19.6 Å². The van der Waals surface area contributed by atoms with Gasteiger partial charge in [-0.25, -0.2) is 0 Å². The molecule has 0 aromatic heterocycles. The fourth-order valence-corrected chi connectivity index (χ4v) is 1.08. The Labute approximate surface area is 84.5 Å². The predicted molar refractivity (Wildman–Crippen MR) is 55.6 cm³/mol. The van der Waals surface area contributed by atoms with Gasteiger partial charge in [0.05, 0.1) is 19.3 Å². The lowest BCUT2D eigenvalue weighted by molar-refractivity contribution is 0.0311. The molecule has 74 valence electrons. The summed E-state index contributed by atoms with van der Waals surface area (Å²) < 4.78 is 5.29. The van der Waals surface area contributed by atoms with Crippen LogP contribution in [-0.2, 0) is 11.3 Å². The van der Waals surface area contributed by atoms with Crippen molar-refractivity contribution in [2.45, 2.75) is 19.1 Å². The highest BCUT2D eigenvalue weighted by Crippen LogP contribution is 2.01. The molecule has 0 radical (unpaired) electrons. The van der Waals surface area contributed by atoms with Crippen molar-refractivity contribution in [2.75, 3.05) is 6.61 Å². The number of rotatable bonds is 5. The molecule has 0 aliphatic heterocycles. The van der Waals surface area contributed by atoms with Crippen molar-refractivity contribution in [3.8, 4) is 12.3 Å². The lowest BCUT2D eigenvalue weighted by atomic mass is 10.2. The molecule has 1 atom stereocenters. The van der Waals surface area contributed by atoms with Gasteiger partial charge in [-0.3, -0.25) is 0 Å². The Hall–Kier alpha value is -1.30. The van der Waals surface area contributed by atoms with Crippen molar-refractivity contribution in [3.63, 3.8) is 0 Å². The van der Waals surface area contributed by atoms with E-state index in [-0.39, 0.29) is 0 Å². The summed E-state index contributed by atoms with van der Waals surface area (Å²) in [4.78, 5) is 0. The van der Waals surface area contributed by atoms with Crippen LogP contribution in [0.3, 0.4) is 0 Å². The zero-order chi connectivity index (χ0) is 10.2. The number of terminal acetylenes is 1. The molecule has 0 aliphatic carbocycles. The molecule has 0 bridgehead atoms. The van der Waals surface area contributed by atoms with Crippen LogP contribution in [0.5, 0.6) is 0 Å². The molecule has 0 spiro atoms. The van der Waals surface area contributed by atoms with Crippen molar-refractivity contribution in [2.24, 2.45) is 0 Å². The first-order chi connectivity index (χ1) is 6.83. The van der Waals surface area contributed by atoms with Crippen molar-refractivity contribution < 1.29 is 9.84 Å². The first-order valence-electron chi connectivity index (χ1n) is 4.56. The van der Waals surface area contributed by atoms with E-state index in [9.17, 15) is 5.11 Å². The third kappa shape index (κ3) is 4.08. The summed E-state index contributed by atoms with van der Waals surface area (Å²) in [5, 5.41) is 9.26. The van der Waals surface area contributed by atoms with Gasteiger partial charge in [0.2, 0.25) is 0 Å². The van der Waals surface area contributed by atoms with Crippen LogP contribution in [0.25, 0.3) is 0 Å². The minimum absolute atomic E-state index is 0.291.